The SMILES string of the molecule is COc1ccc(N2CC(CNC(=O)C3CCc4nc(C)[nH]c4C3)OC2=O)cc1. The second kappa shape index (κ2) is 7.53. The summed E-state index contributed by atoms with van der Waals surface area (Å²) in [6, 6.07) is 7.22. The second-order valence-electron chi connectivity index (χ2n) is 7.25. The van der Waals surface area contributed by atoms with Crippen LogP contribution in [0.15, 0.2) is 24.3 Å². The average Bonchev–Trinajstić information content (AvgIpc) is 3.26. The van der Waals surface area contributed by atoms with E-state index in [0.29, 0.717) is 19.5 Å². The Labute approximate surface area is 163 Å². The van der Waals surface area contributed by atoms with E-state index < -0.39 is 6.09 Å². The quantitative estimate of drug-likeness (QED) is 0.822. The Morgan fingerprint density at radius 1 is 1.39 bits per heavy atom. The van der Waals surface area contributed by atoms with Crippen LogP contribution in [0.5, 0.6) is 5.75 Å². The predicted octanol–water partition coefficient (Wildman–Crippen LogP) is 1.97. The van der Waals surface area contributed by atoms with Gasteiger partial charge in [-0.3, -0.25) is 9.69 Å². The molecule has 0 spiro atoms. The number of hydrogen-bond acceptors (Lipinski definition) is 5. The Balaban J connectivity index is 1.30. The Bertz CT molecular complexity index is 877. The lowest BCUT2D eigenvalue weighted by Crippen LogP contribution is -2.39. The first-order valence-electron chi connectivity index (χ1n) is 9.47. The molecule has 1 aliphatic heterocycles. The first kappa shape index (κ1) is 18.3. The number of methoxy groups -OCH3 is 1. The Kier molecular flexibility index (Phi) is 4.93. The normalized spacial score (nSPS) is 21.2. The molecular formula is C20H24N4O4. The molecule has 1 aromatic carbocycles. The molecule has 2 amide bonds. The summed E-state index contributed by atoms with van der Waals surface area (Å²) in [4.78, 5) is 34.0. The Hall–Kier alpha value is -3.03. The number of hydrogen-bond donors (Lipinski definition) is 2. The number of imidazole rings is 1. The molecule has 2 aliphatic rings. The van der Waals surface area contributed by atoms with E-state index in [1.165, 1.54) is 0 Å². The van der Waals surface area contributed by atoms with Crippen LogP contribution in [0.3, 0.4) is 0 Å². The number of nitrogens with one attached hydrogen (secondary N) is 2. The van der Waals surface area contributed by atoms with Crippen LogP contribution < -0.4 is 15.0 Å². The summed E-state index contributed by atoms with van der Waals surface area (Å²) >= 11 is 0. The molecule has 0 saturated carbocycles. The lowest BCUT2D eigenvalue weighted by Gasteiger charge is -2.21. The van der Waals surface area contributed by atoms with Gasteiger partial charge in [-0.15, -0.1) is 0 Å². The van der Waals surface area contributed by atoms with E-state index in [9.17, 15) is 9.59 Å². The fourth-order valence-electron chi connectivity index (χ4n) is 3.81. The predicted molar refractivity (Wildman–Crippen MR) is 102 cm³/mol. The number of nitrogens with zero attached hydrogens (tertiary/aromatic N) is 2. The Morgan fingerprint density at radius 2 is 2.18 bits per heavy atom. The van der Waals surface area contributed by atoms with Crippen LogP contribution in [-0.2, 0) is 22.4 Å². The van der Waals surface area contributed by atoms with Crippen molar-refractivity contribution in [3.8, 4) is 5.75 Å². The van der Waals surface area contributed by atoms with Gasteiger partial charge in [0.25, 0.3) is 0 Å². The third kappa shape index (κ3) is 3.67. The van der Waals surface area contributed by atoms with Crippen LogP contribution in [0.25, 0.3) is 0 Å². The summed E-state index contributed by atoms with van der Waals surface area (Å²) in [6.07, 6.45) is 1.49. The number of rotatable bonds is 5. The number of benzene rings is 1. The van der Waals surface area contributed by atoms with Crippen LogP contribution >= 0.6 is 0 Å². The largest absolute Gasteiger partial charge is 0.497 e. The van der Waals surface area contributed by atoms with Gasteiger partial charge in [0.15, 0.2) is 0 Å². The maximum atomic E-state index is 12.6. The summed E-state index contributed by atoms with van der Waals surface area (Å²) in [5, 5.41) is 2.95. The number of aromatic nitrogens is 2. The second-order valence-corrected chi connectivity index (χ2v) is 7.25. The summed E-state index contributed by atoms with van der Waals surface area (Å²) in [6.45, 7) is 2.64. The van der Waals surface area contributed by atoms with Crippen LogP contribution in [0.2, 0.25) is 0 Å². The number of carbonyl (C=O) groups excluding carboxylic acids is 2. The number of fused-ring (bicyclic) bond motifs is 1. The molecule has 8 heteroatoms. The van der Waals surface area contributed by atoms with Gasteiger partial charge in [-0.2, -0.15) is 0 Å². The molecule has 0 radical (unpaired) electrons. The van der Waals surface area contributed by atoms with Crippen LogP contribution in [0.4, 0.5) is 10.5 Å². The number of anilines is 1. The van der Waals surface area contributed by atoms with Crippen molar-refractivity contribution < 1.29 is 19.1 Å². The van der Waals surface area contributed by atoms with Crippen molar-refractivity contribution in [3.63, 3.8) is 0 Å². The highest BCUT2D eigenvalue weighted by Gasteiger charge is 2.33. The standard InChI is InChI=1S/C20H24N4O4/c1-12-22-17-8-3-13(9-18(17)23-12)19(25)21-10-16-11-24(20(26)28-16)14-4-6-15(27-2)7-5-14/h4-7,13,16H,3,8-11H2,1-2H3,(H,21,25)(H,22,23). The van der Waals surface area contributed by atoms with Crippen LogP contribution in [-0.4, -0.2) is 48.3 Å². The fraction of sp³-hybridized carbons (Fsp3) is 0.450. The molecule has 1 aliphatic carbocycles. The zero-order chi connectivity index (χ0) is 19.7. The maximum absolute atomic E-state index is 12.6. The number of H-pyrrole nitrogens is 1. The van der Waals surface area contributed by atoms with Gasteiger partial charge in [0.05, 0.1) is 25.9 Å². The number of carbonyl (C=O) groups is 2. The van der Waals surface area contributed by atoms with Crippen molar-refractivity contribution in [1.82, 2.24) is 15.3 Å². The summed E-state index contributed by atoms with van der Waals surface area (Å²) in [5.41, 5.74) is 2.87. The molecular weight excluding hydrogens is 360 g/mol. The average molecular weight is 384 g/mol. The highest BCUT2D eigenvalue weighted by Crippen LogP contribution is 2.25. The third-order valence-electron chi connectivity index (χ3n) is 5.30. The topological polar surface area (TPSA) is 96.6 Å². The van der Waals surface area contributed by atoms with Gasteiger partial charge >= 0.3 is 6.09 Å². The molecule has 1 fully saturated rings. The van der Waals surface area contributed by atoms with Gasteiger partial charge < -0.3 is 19.8 Å². The first-order valence-corrected chi connectivity index (χ1v) is 9.47. The fourth-order valence-corrected chi connectivity index (χ4v) is 3.81. The molecule has 28 heavy (non-hydrogen) atoms. The summed E-state index contributed by atoms with van der Waals surface area (Å²) < 4.78 is 10.5. The van der Waals surface area contributed by atoms with Gasteiger partial charge in [0.2, 0.25) is 5.91 Å². The number of ether oxygens (including phenoxy) is 2. The molecule has 148 valence electrons. The molecule has 0 bridgehead atoms. The lowest BCUT2D eigenvalue weighted by atomic mass is 9.89. The highest BCUT2D eigenvalue weighted by molar-refractivity contribution is 5.90. The zero-order valence-corrected chi connectivity index (χ0v) is 16.0. The highest BCUT2D eigenvalue weighted by atomic mass is 16.6. The van der Waals surface area contributed by atoms with Crippen molar-refractivity contribution in [1.29, 1.82) is 0 Å². The number of cyclic esters (lactones) is 1. The van der Waals surface area contributed by atoms with E-state index in [1.54, 1.807) is 24.1 Å². The van der Waals surface area contributed by atoms with Crippen LogP contribution in [0, 0.1) is 12.8 Å². The molecule has 1 saturated heterocycles. The van der Waals surface area contributed by atoms with Gasteiger partial charge in [0, 0.05) is 23.7 Å². The molecule has 4 rings (SSSR count). The summed E-state index contributed by atoms with van der Waals surface area (Å²) in [5.74, 6) is 1.53. The molecule has 2 unspecified atom stereocenters. The Morgan fingerprint density at radius 3 is 2.93 bits per heavy atom. The minimum Gasteiger partial charge on any atom is -0.497 e. The van der Waals surface area contributed by atoms with E-state index >= 15 is 0 Å². The molecule has 2 heterocycles. The van der Waals surface area contributed by atoms with Crippen molar-refractivity contribution in [2.45, 2.75) is 32.3 Å². The van der Waals surface area contributed by atoms with E-state index in [4.69, 9.17) is 9.47 Å². The van der Waals surface area contributed by atoms with Crippen molar-refractivity contribution in [2.24, 2.45) is 5.92 Å². The lowest BCUT2D eigenvalue weighted by molar-refractivity contribution is -0.125. The molecule has 8 nitrogen and oxygen atoms in total. The van der Waals surface area contributed by atoms with Crippen LogP contribution in [0.1, 0.15) is 23.6 Å². The first-order chi connectivity index (χ1) is 13.5. The zero-order valence-electron chi connectivity index (χ0n) is 16.0. The monoisotopic (exact) mass is 384 g/mol. The van der Waals surface area contributed by atoms with Crippen molar-refractivity contribution in [3.05, 3.63) is 41.5 Å². The van der Waals surface area contributed by atoms with E-state index in [2.05, 4.69) is 15.3 Å². The molecule has 1 aromatic heterocycles. The minimum atomic E-state index is -0.403. The van der Waals surface area contributed by atoms with Crippen molar-refractivity contribution >= 4 is 17.7 Å². The molecule has 2 N–H and O–H groups in total. The van der Waals surface area contributed by atoms with E-state index in [0.717, 1.165) is 41.5 Å². The van der Waals surface area contributed by atoms with Gasteiger partial charge in [0.1, 0.15) is 17.7 Å². The van der Waals surface area contributed by atoms with E-state index in [-0.39, 0.29) is 17.9 Å². The van der Waals surface area contributed by atoms with Gasteiger partial charge in [-0.05, 0) is 44.0 Å². The number of amides is 2. The molecule has 2 aromatic rings. The van der Waals surface area contributed by atoms with E-state index in [1.807, 2.05) is 19.1 Å². The van der Waals surface area contributed by atoms with Crippen molar-refractivity contribution in [2.75, 3.05) is 25.1 Å². The van der Waals surface area contributed by atoms with Gasteiger partial charge in [-0.25, -0.2) is 9.78 Å². The molecule has 2 atom stereocenters. The third-order valence-corrected chi connectivity index (χ3v) is 5.30. The summed E-state index contributed by atoms with van der Waals surface area (Å²) in [7, 11) is 1.60. The number of aromatic amines is 1. The number of aryl methyl sites for hydroxylation is 2. The smallest absolute Gasteiger partial charge is 0.414 e. The van der Waals surface area contributed by atoms with Gasteiger partial charge in [-0.1, -0.05) is 0 Å². The maximum Gasteiger partial charge on any atom is 0.414 e. The minimum absolute atomic E-state index is 0.00292.